The Bertz CT molecular complexity index is 591. The van der Waals surface area contributed by atoms with Gasteiger partial charge in [0.05, 0.1) is 19.3 Å². The Labute approximate surface area is 136 Å². The Morgan fingerprint density at radius 3 is 2.61 bits per heavy atom. The number of halogens is 1. The molecule has 5 heteroatoms. The molecule has 1 N–H and O–H groups in total. The van der Waals surface area contributed by atoms with E-state index < -0.39 is 11.8 Å². The molecule has 0 aliphatic heterocycles. The smallest absolute Gasteiger partial charge is 0.340 e. The summed E-state index contributed by atoms with van der Waals surface area (Å²) in [6, 6.07) is 4.06. The molecule has 0 saturated heterocycles. The van der Waals surface area contributed by atoms with Gasteiger partial charge in [0.25, 0.3) is 0 Å². The molecule has 1 aromatic carbocycles. The first kappa shape index (κ1) is 18.9. The van der Waals surface area contributed by atoms with Crippen molar-refractivity contribution in [2.24, 2.45) is 0 Å². The van der Waals surface area contributed by atoms with Crippen LogP contribution in [0.2, 0.25) is 0 Å². The second-order valence-corrected chi connectivity index (χ2v) is 5.24. The summed E-state index contributed by atoms with van der Waals surface area (Å²) in [7, 11) is 1.21. The highest BCUT2D eigenvalue weighted by Crippen LogP contribution is 2.18. The maximum atomic E-state index is 13.8. The molecule has 1 rings (SSSR count). The molecule has 0 heterocycles. The zero-order valence-electron chi connectivity index (χ0n) is 13.8. The summed E-state index contributed by atoms with van der Waals surface area (Å²) in [6.45, 7) is 4.32. The highest BCUT2D eigenvalue weighted by molar-refractivity contribution is 5.89. The van der Waals surface area contributed by atoms with Gasteiger partial charge in [-0.1, -0.05) is 17.7 Å². The topological polar surface area (TPSA) is 55.8 Å². The van der Waals surface area contributed by atoms with Gasteiger partial charge < -0.3 is 14.6 Å². The van der Waals surface area contributed by atoms with Gasteiger partial charge in [-0.3, -0.25) is 0 Å². The molecular formula is C18H23FO4. The maximum absolute atomic E-state index is 13.8. The molecule has 126 valence electrons. The number of aliphatic hydroxyl groups excluding tert-OH is 1. The Hall–Kier alpha value is -2.14. The van der Waals surface area contributed by atoms with E-state index in [1.807, 2.05) is 19.9 Å². The molecule has 0 aliphatic carbocycles. The van der Waals surface area contributed by atoms with Crippen molar-refractivity contribution in [1.82, 2.24) is 0 Å². The molecule has 0 aliphatic rings. The van der Waals surface area contributed by atoms with Crippen LogP contribution in [-0.2, 0) is 4.74 Å². The molecule has 0 atom stereocenters. The van der Waals surface area contributed by atoms with Crippen LogP contribution in [0, 0.1) is 5.82 Å². The third-order valence-electron chi connectivity index (χ3n) is 3.28. The average molecular weight is 322 g/mol. The van der Waals surface area contributed by atoms with Crippen molar-refractivity contribution in [3.05, 3.63) is 52.9 Å². The fourth-order valence-electron chi connectivity index (χ4n) is 1.92. The van der Waals surface area contributed by atoms with Crippen LogP contribution in [0.15, 0.2) is 41.5 Å². The molecule has 23 heavy (non-hydrogen) atoms. The van der Waals surface area contributed by atoms with E-state index in [1.165, 1.54) is 25.3 Å². The lowest BCUT2D eigenvalue weighted by Gasteiger charge is -2.08. The Morgan fingerprint density at radius 1 is 1.26 bits per heavy atom. The average Bonchev–Trinajstić information content (AvgIpc) is 2.52. The number of carbonyl (C=O) groups excluding carboxylic acids is 1. The number of carbonyl (C=O) groups is 1. The summed E-state index contributed by atoms with van der Waals surface area (Å²) in [5, 5.41) is 8.78. The van der Waals surface area contributed by atoms with Crippen molar-refractivity contribution < 1.29 is 23.8 Å². The normalized spacial score (nSPS) is 12.2. The van der Waals surface area contributed by atoms with Gasteiger partial charge in [0, 0.05) is 6.07 Å². The molecule has 0 bridgehead atoms. The third-order valence-corrected chi connectivity index (χ3v) is 3.28. The van der Waals surface area contributed by atoms with Gasteiger partial charge in [0.15, 0.2) is 0 Å². The Balaban J connectivity index is 2.53. The van der Waals surface area contributed by atoms with Gasteiger partial charge in [0.2, 0.25) is 0 Å². The summed E-state index contributed by atoms with van der Waals surface area (Å²) in [5.41, 5.74) is 2.05. The minimum absolute atomic E-state index is 0.0603. The SMILES string of the molecule is COC(=O)c1ccc(OC/C(C)=C/CC/C(C)=C/CO)cc1F. The van der Waals surface area contributed by atoms with Gasteiger partial charge in [0.1, 0.15) is 18.2 Å². The monoisotopic (exact) mass is 322 g/mol. The van der Waals surface area contributed by atoms with Crippen LogP contribution in [0.1, 0.15) is 37.0 Å². The highest BCUT2D eigenvalue weighted by Gasteiger charge is 2.12. The minimum atomic E-state index is -0.712. The Morgan fingerprint density at radius 2 is 2.00 bits per heavy atom. The molecule has 0 aromatic heterocycles. The number of rotatable bonds is 8. The first-order chi connectivity index (χ1) is 11.0. The van der Waals surface area contributed by atoms with Gasteiger partial charge in [-0.05, 0) is 44.4 Å². The molecule has 0 saturated carbocycles. The molecule has 4 nitrogen and oxygen atoms in total. The zero-order valence-corrected chi connectivity index (χ0v) is 13.8. The fourth-order valence-corrected chi connectivity index (χ4v) is 1.92. The van der Waals surface area contributed by atoms with E-state index in [4.69, 9.17) is 9.84 Å². The first-order valence-corrected chi connectivity index (χ1v) is 7.40. The summed E-state index contributed by atoms with van der Waals surface area (Å²) in [4.78, 5) is 11.3. The van der Waals surface area contributed by atoms with Gasteiger partial charge in [-0.25, -0.2) is 9.18 Å². The lowest BCUT2D eigenvalue weighted by molar-refractivity contribution is 0.0595. The number of ether oxygens (including phenoxy) is 2. The molecular weight excluding hydrogens is 299 g/mol. The third kappa shape index (κ3) is 6.65. The number of hydrogen-bond acceptors (Lipinski definition) is 4. The molecule has 1 aromatic rings. The van der Waals surface area contributed by atoms with Crippen LogP contribution in [0.3, 0.4) is 0 Å². The highest BCUT2D eigenvalue weighted by atomic mass is 19.1. The minimum Gasteiger partial charge on any atom is -0.489 e. The summed E-state index contributed by atoms with van der Waals surface area (Å²) < 4.78 is 23.7. The van der Waals surface area contributed by atoms with E-state index in [0.717, 1.165) is 24.0 Å². The molecule has 0 spiro atoms. The molecule has 0 radical (unpaired) electrons. The van der Waals surface area contributed by atoms with E-state index in [2.05, 4.69) is 4.74 Å². The summed E-state index contributed by atoms with van der Waals surface area (Å²) in [5.74, 6) is -1.02. The number of methoxy groups -OCH3 is 1. The summed E-state index contributed by atoms with van der Waals surface area (Å²) >= 11 is 0. The fraction of sp³-hybridized carbons (Fsp3) is 0.389. The standard InChI is InChI=1S/C18H23FO4/c1-13(9-10-20)5-4-6-14(2)12-23-15-7-8-16(17(19)11-15)18(21)22-3/h6-9,11,20H,4-5,10,12H2,1-3H3/b13-9+,14-6+. The lowest BCUT2D eigenvalue weighted by Crippen LogP contribution is -2.05. The molecule has 0 amide bonds. The van der Waals surface area contributed by atoms with Crippen LogP contribution >= 0.6 is 0 Å². The van der Waals surface area contributed by atoms with E-state index in [9.17, 15) is 9.18 Å². The summed E-state index contributed by atoms with van der Waals surface area (Å²) in [6.07, 6.45) is 5.56. The second kappa shape index (κ2) is 9.79. The largest absolute Gasteiger partial charge is 0.489 e. The molecule has 0 fully saturated rings. The van der Waals surface area contributed by atoms with E-state index >= 15 is 0 Å². The van der Waals surface area contributed by atoms with E-state index in [-0.39, 0.29) is 12.2 Å². The van der Waals surface area contributed by atoms with Crippen molar-refractivity contribution in [1.29, 1.82) is 0 Å². The van der Waals surface area contributed by atoms with E-state index in [0.29, 0.717) is 12.4 Å². The van der Waals surface area contributed by atoms with Crippen molar-refractivity contribution in [3.8, 4) is 5.75 Å². The van der Waals surface area contributed by atoms with Crippen molar-refractivity contribution in [2.45, 2.75) is 26.7 Å². The maximum Gasteiger partial charge on any atom is 0.340 e. The quantitative estimate of drug-likeness (QED) is 0.586. The number of aliphatic hydroxyl groups is 1. The van der Waals surface area contributed by atoms with Gasteiger partial charge >= 0.3 is 5.97 Å². The van der Waals surface area contributed by atoms with Gasteiger partial charge in [-0.15, -0.1) is 0 Å². The second-order valence-electron chi connectivity index (χ2n) is 5.24. The predicted molar refractivity (Wildman–Crippen MR) is 87.1 cm³/mol. The Kier molecular flexibility index (Phi) is 8.05. The number of hydrogen-bond donors (Lipinski definition) is 1. The van der Waals surface area contributed by atoms with Crippen LogP contribution in [-0.4, -0.2) is 31.4 Å². The van der Waals surface area contributed by atoms with Crippen LogP contribution in [0.25, 0.3) is 0 Å². The van der Waals surface area contributed by atoms with Crippen molar-refractivity contribution in [2.75, 3.05) is 20.3 Å². The van der Waals surface area contributed by atoms with Crippen molar-refractivity contribution in [3.63, 3.8) is 0 Å². The lowest BCUT2D eigenvalue weighted by atomic mass is 10.1. The predicted octanol–water partition coefficient (Wildman–Crippen LogP) is 3.66. The molecule has 0 unspecified atom stereocenters. The van der Waals surface area contributed by atoms with E-state index in [1.54, 1.807) is 6.08 Å². The van der Waals surface area contributed by atoms with Crippen LogP contribution < -0.4 is 4.74 Å². The number of esters is 1. The van der Waals surface area contributed by atoms with Crippen molar-refractivity contribution >= 4 is 5.97 Å². The van der Waals surface area contributed by atoms with Crippen LogP contribution in [0.4, 0.5) is 4.39 Å². The number of benzene rings is 1. The zero-order chi connectivity index (χ0) is 17.2. The van der Waals surface area contributed by atoms with Gasteiger partial charge in [-0.2, -0.15) is 0 Å². The number of allylic oxidation sites excluding steroid dienone is 2. The first-order valence-electron chi connectivity index (χ1n) is 7.40. The van der Waals surface area contributed by atoms with Crippen LogP contribution in [0.5, 0.6) is 5.75 Å².